The summed E-state index contributed by atoms with van der Waals surface area (Å²) in [5, 5.41) is 9.32. The highest BCUT2D eigenvalue weighted by Crippen LogP contribution is 2.30. The third-order valence-corrected chi connectivity index (χ3v) is 5.46. The summed E-state index contributed by atoms with van der Waals surface area (Å²) in [6, 6.07) is 3.62. The van der Waals surface area contributed by atoms with E-state index in [9.17, 15) is 13.5 Å². The summed E-state index contributed by atoms with van der Waals surface area (Å²) in [6.07, 6.45) is 2.55. The molecular weight excluding hydrogens is 234 g/mol. The molecule has 15 heavy (non-hydrogen) atoms. The van der Waals surface area contributed by atoms with Crippen molar-refractivity contribution in [1.29, 1.82) is 0 Å². The number of aromatic nitrogens is 1. The molecule has 1 aromatic heterocycles. The van der Waals surface area contributed by atoms with Crippen molar-refractivity contribution >= 4 is 21.6 Å². The van der Waals surface area contributed by atoms with Gasteiger partial charge in [-0.25, -0.2) is 8.42 Å². The summed E-state index contributed by atoms with van der Waals surface area (Å²) >= 11 is 1.39. The predicted molar refractivity (Wildman–Crippen MR) is 58.5 cm³/mol. The predicted octanol–water partition coefficient (Wildman–Crippen LogP) is 0.332. The van der Waals surface area contributed by atoms with Gasteiger partial charge in [0.1, 0.15) is 0 Å². The van der Waals surface area contributed by atoms with E-state index < -0.39 is 15.9 Å². The van der Waals surface area contributed by atoms with E-state index >= 15 is 0 Å². The monoisotopic (exact) mass is 245 g/mol. The molecule has 2 rings (SSSR count). The third kappa shape index (κ3) is 2.70. The van der Waals surface area contributed by atoms with Crippen molar-refractivity contribution in [3.05, 3.63) is 24.5 Å². The Morgan fingerprint density at radius 3 is 2.53 bits per heavy atom. The lowest BCUT2D eigenvalue weighted by molar-refractivity contribution is 0.207. The molecule has 1 aromatic rings. The van der Waals surface area contributed by atoms with Gasteiger partial charge in [0.05, 0.1) is 22.9 Å². The second-order valence-electron chi connectivity index (χ2n) is 3.48. The van der Waals surface area contributed by atoms with Gasteiger partial charge in [-0.3, -0.25) is 4.98 Å². The molecule has 1 N–H and O–H groups in total. The van der Waals surface area contributed by atoms with Crippen molar-refractivity contribution in [2.45, 2.75) is 16.2 Å². The molecule has 1 saturated heterocycles. The van der Waals surface area contributed by atoms with Crippen LogP contribution in [0.2, 0.25) is 0 Å². The van der Waals surface area contributed by atoms with Crippen molar-refractivity contribution in [2.24, 2.45) is 0 Å². The molecule has 82 valence electrons. The first-order valence-electron chi connectivity index (χ1n) is 4.52. The summed E-state index contributed by atoms with van der Waals surface area (Å²) in [7, 11) is -3.05. The fourth-order valence-corrected chi connectivity index (χ4v) is 5.01. The number of aliphatic hydroxyl groups excluding tert-OH is 1. The zero-order valence-corrected chi connectivity index (χ0v) is 9.54. The molecule has 0 bridgehead atoms. The van der Waals surface area contributed by atoms with E-state index in [0.29, 0.717) is 0 Å². The van der Waals surface area contributed by atoms with Gasteiger partial charge in [-0.2, -0.15) is 0 Å². The van der Waals surface area contributed by atoms with E-state index in [4.69, 9.17) is 0 Å². The second-order valence-corrected chi connectivity index (χ2v) is 6.95. The van der Waals surface area contributed by atoms with Crippen molar-refractivity contribution < 1.29 is 13.5 Å². The minimum atomic E-state index is -3.05. The average Bonchev–Trinajstić information content (AvgIpc) is 2.41. The van der Waals surface area contributed by atoms with Crippen LogP contribution in [0.15, 0.2) is 29.4 Å². The van der Waals surface area contributed by atoms with Gasteiger partial charge in [0.2, 0.25) is 0 Å². The molecular formula is C9H11NO3S2. The maximum Gasteiger partial charge on any atom is 0.154 e. The molecule has 2 atom stereocenters. The maximum atomic E-state index is 11.3. The van der Waals surface area contributed by atoms with Gasteiger partial charge < -0.3 is 5.11 Å². The molecule has 1 aliphatic rings. The van der Waals surface area contributed by atoms with Gasteiger partial charge in [0.25, 0.3) is 0 Å². The number of hydrogen-bond donors (Lipinski definition) is 1. The van der Waals surface area contributed by atoms with E-state index in [1.165, 1.54) is 11.8 Å². The summed E-state index contributed by atoms with van der Waals surface area (Å²) in [6.45, 7) is 0. The van der Waals surface area contributed by atoms with Gasteiger partial charge in [-0.15, -0.1) is 11.8 Å². The van der Waals surface area contributed by atoms with Crippen molar-refractivity contribution in [3.63, 3.8) is 0 Å². The maximum absolute atomic E-state index is 11.3. The Morgan fingerprint density at radius 2 is 2.00 bits per heavy atom. The third-order valence-electron chi connectivity index (χ3n) is 2.21. The molecule has 1 aliphatic heterocycles. The fourth-order valence-electron chi connectivity index (χ4n) is 1.50. The summed E-state index contributed by atoms with van der Waals surface area (Å²) in [5.41, 5.74) is 0. The molecule has 0 spiro atoms. The number of nitrogens with zero attached hydrogens (tertiary/aromatic N) is 1. The largest absolute Gasteiger partial charge is 0.391 e. The number of pyridine rings is 1. The molecule has 2 unspecified atom stereocenters. The van der Waals surface area contributed by atoms with Gasteiger partial charge in [0.15, 0.2) is 9.84 Å². The zero-order chi connectivity index (χ0) is 10.9. The molecule has 2 heterocycles. The smallest absolute Gasteiger partial charge is 0.154 e. The van der Waals surface area contributed by atoms with Gasteiger partial charge in [-0.05, 0) is 12.1 Å². The molecule has 0 saturated carbocycles. The Morgan fingerprint density at radius 1 is 1.33 bits per heavy atom. The summed E-state index contributed by atoms with van der Waals surface area (Å²) in [5.74, 6) is -0.0586. The Bertz CT molecular complexity index is 432. The van der Waals surface area contributed by atoms with Crippen LogP contribution in [0.3, 0.4) is 0 Å². The Kier molecular flexibility index (Phi) is 2.99. The van der Waals surface area contributed by atoms with Crippen LogP contribution in [-0.2, 0) is 9.84 Å². The van der Waals surface area contributed by atoms with E-state index in [-0.39, 0.29) is 16.8 Å². The van der Waals surface area contributed by atoms with Crippen LogP contribution in [0.25, 0.3) is 0 Å². The fraction of sp³-hybridized carbons (Fsp3) is 0.444. The number of rotatable bonds is 2. The Balaban J connectivity index is 2.08. The average molecular weight is 245 g/mol. The second kappa shape index (κ2) is 4.11. The van der Waals surface area contributed by atoms with Crippen LogP contribution in [0, 0.1) is 0 Å². The first kappa shape index (κ1) is 10.9. The first-order chi connectivity index (χ1) is 7.07. The molecule has 0 radical (unpaired) electrons. The SMILES string of the molecule is O=S1(=O)CC(O)C(Sc2ccncc2)C1. The molecule has 4 nitrogen and oxygen atoms in total. The molecule has 1 fully saturated rings. The lowest BCUT2D eigenvalue weighted by atomic mass is 10.3. The quantitative estimate of drug-likeness (QED) is 0.813. The molecule has 0 amide bonds. The van der Waals surface area contributed by atoms with Crippen LogP contribution in [0.4, 0.5) is 0 Å². The van der Waals surface area contributed by atoms with E-state index in [2.05, 4.69) is 4.98 Å². The highest BCUT2D eigenvalue weighted by Gasteiger charge is 2.36. The Labute approximate surface area is 92.6 Å². The van der Waals surface area contributed by atoms with Crippen LogP contribution in [0.5, 0.6) is 0 Å². The van der Waals surface area contributed by atoms with Crippen molar-refractivity contribution in [2.75, 3.05) is 11.5 Å². The van der Waals surface area contributed by atoms with Gasteiger partial charge in [-0.1, -0.05) is 0 Å². The van der Waals surface area contributed by atoms with E-state index in [1.807, 2.05) is 12.1 Å². The van der Waals surface area contributed by atoms with Crippen LogP contribution in [0.1, 0.15) is 0 Å². The normalized spacial score (nSPS) is 29.1. The van der Waals surface area contributed by atoms with Crippen molar-refractivity contribution in [3.8, 4) is 0 Å². The Hall–Kier alpha value is -0.590. The van der Waals surface area contributed by atoms with Crippen LogP contribution < -0.4 is 0 Å². The minimum absolute atomic E-state index is 0.0567. The molecule has 0 aromatic carbocycles. The minimum Gasteiger partial charge on any atom is -0.391 e. The van der Waals surface area contributed by atoms with Gasteiger partial charge >= 0.3 is 0 Å². The highest BCUT2D eigenvalue weighted by molar-refractivity contribution is 8.02. The summed E-state index contributed by atoms with van der Waals surface area (Å²) < 4.78 is 22.5. The zero-order valence-electron chi connectivity index (χ0n) is 7.91. The standard InChI is InChI=1S/C9H11NO3S2/c11-8-5-15(12,13)6-9(8)14-7-1-3-10-4-2-7/h1-4,8-9,11H,5-6H2. The van der Waals surface area contributed by atoms with E-state index in [0.717, 1.165) is 4.90 Å². The van der Waals surface area contributed by atoms with Crippen molar-refractivity contribution in [1.82, 2.24) is 4.98 Å². The number of thioether (sulfide) groups is 1. The lowest BCUT2D eigenvalue weighted by Gasteiger charge is -2.11. The first-order valence-corrected chi connectivity index (χ1v) is 7.22. The summed E-state index contributed by atoms with van der Waals surface area (Å²) in [4.78, 5) is 4.81. The van der Waals surface area contributed by atoms with Crippen LogP contribution in [-0.4, -0.2) is 41.4 Å². The lowest BCUT2D eigenvalue weighted by Crippen LogP contribution is -2.19. The van der Waals surface area contributed by atoms with Gasteiger partial charge in [0, 0.05) is 17.3 Å². The highest BCUT2D eigenvalue weighted by atomic mass is 32.2. The molecule has 0 aliphatic carbocycles. The topological polar surface area (TPSA) is 67.3 Å². The van der Waals surface area contributed by atoms with E-state index in [1.54, 1.807) is 12.4 Å². The number of aliphatic hydroxyl groups is 1. The number of hydrogen-bond acceptors (Lipinski definition) is 5. The van der Waals surface area contributed by atoms with Crippen LogP contribution >= 0.6 is 11.8 Å². The molecule has 6 heteroatoms. The number of sulfone groups is 1.